The maximum atomic E-state index is 5.62. The Morgan fingerprint density at radius 1 is 1.33 bits per heavy atom. The molecule has 1 aromatic heterocycles. The molecule has 0 aliphatic heterocycles. The van der Waals surface area contributed by atoms with Crippen molar-refractivity contribution >= 4 is 11.6 Å². The van der Waals surface area contributed by atoms with Gasteiger partial charge in [0.25, 0.3) is 0 Å². The number of alkyl halides is 1. The predicted molar refractivity (Wildman–Crippen MR) is 69.9 cm³/mol. The molecule has 1 aromatic carbocycles. The van der Waals surface area contributed by atoms with Gasteiger partial charge < -0.3 is 9.15 Å². The Morgan fingerprint density at radius 2 is 2.22 bits per heavy atom. The van der Waals surface area contributed by atoms with Crippen LogP contribution in [0.1, 0.15) is 19.2 Å². The summed E-state index contributed by atoms with van der Waals surface area (Å²) in [5.41, 5.74) is 0.866. The van der Waals surface area contributed by atoms with Crippen LogP contribution >= 0.6 is 11.6 Å². The molecule has 0 aliphatic rings. The molecule has 0 fully saturated rings. The van der Waals surface area contributed by atoms with Crippen molar-refractivity contribution in [2.45, 2.75) is 19.8 Å². The lowest BCUT2D eigenvalue weighted by Crippen LogP contribution is -1.91. The number of halogens is 1. The molecule has 0 N–H and O–H groups in total. The Morgan fingerprint density at radius 3 is 3.00 bits per heavy atom. The van der Waals surface area contributed by atoms with E-state index in [1.807, 2.05) is 31.2 Å². The first kappa shape index (κ1) is 12.9. The van der Waals surface area contributed by atoms with Gasteiger partial charge in [0.05, 0.1) is 6.61 Å². The molecule has 0 saturated heterocycles. The third kappa shape index (κ3) is 3.23. The summed E-state index contributed by atoms with van der Waals surface area (Å²) in [7, 11) is 0. The lowest BCUT2D eigenvalue weighted by atomic mass is 10.2. The summed E-state index contributed by atoms with van der Waals surface area (Å²) in [5, 5.41) is 8.01. The minimum absolute atomic E-state index is 0.515. The normalized spacial score (nSPS) is 10.6. The Kier molecular flexibility index (Phi) is 4.59. The molecule has 2 aromatic rings. The Balaban J connectivity index is 2.15. The van der Waals surface area contributed by atoms with E-state index in [1.54, 1.807) is 0 Å². The number of hydrogen-bond acceptors (Lipinski definition) is 4. The molecule has 1 heterocycles. The van der Waals surface area contributed by atoms with E-state index in [9.17, 15) is 0 Å². The molecule has 0 bridgehead atoms. The van der Waals surface area contributed by atoms with Crippen LogP contribution in [-0.2, 0) is 6.42 Å². The highest BCUT2D eigenvalue weighted by molar-refractivity contribution is 6.17. The molecular formula is C13H15ClN2O2. The van der Waals surface area contributed by atoms with Crippen LogP contribution in [0.2, 0.25) is 0 Å². The number of aromatic nitrogens is 2. The monoisotopic (exact) mass is 266 g/mol. The van der Waals surface area contributed by atoms with Crippen molar-refractivity contribution in [1.82, 2.24) is 10.2 Å². The van der Waals surface area contributed by atoms with Crippen molar-refractivity contribution in [3.05, 3.63) is 30.2 Å². The number of ether oxygens (including phenoxy) is 1. The van der Waals surface area contributed by atoms with Crippen molar-refractivity contribution in [3.63, 3.8) is 0 Å². The zero-order valence-electron chi connectivity index (χ0n) is 10.2. The Bertz CT molecular complexity index is 499. The zero-order valence-corrected chi connectivity index (χ0v) is 11.0. The van der Waals surface area contributed by atoms with Crippen molar-refractivity contribution < 1.29 is 9.15 Å². The second-order valence-corrected chi connectivity index (χ2v) is 4.13. The smallest absolute Gasteiger partial charge is 0.247 e. The van der Waals surface area contributed by atoms with Crippen molar-refractivity contribution in [2.24, 2.45) is 0 Å². The van der Waals surface area contributed by atoms with Gasteiger partial charge in [0, 0.05) is 17.9 Å². The van der Waals surface area contributed by atoms with Gasteiger partial charge in [-0.1, -0.05) is 6.07 Å². The highest BCUT2D eigenvalue weighted by atomic mass is 35.5. The lowest BCUT2D eigenvalue weighted by Gasteiger charge is -2.03. The number of hydrogen-bond donors (Lipinski definition) is 0. The van der Waals surface area contributed by atoms with E-state index in [2.05, 4.69) is 10.2 Å². The number of benzene rings is 1. The molecule has 96 valence electrons. The van der Waals surface area contributed by atoms with E-state index < -0.39 is 0 Å². The summed E-state index contributed by atoms with van der Waals surface area (Å²) in [6.45, 7) is 2.58. The van der Waals surface area contributed by atoms with Gasteiger partial charge in [-0.2, -0.15) is 0 Å². The largest absolute Gasteiger partial charge is 0.494 e. The third-order valence-electron chi connectivity index (χ3n) is 2.38. The fraction of sp³-hybridized carbons (Fsp3) is 0.385. The topological polar surface area (TPSA) is 48.2 Å². The summed E-state index contributed by atoms with van der Waals surface area (Å²) in [5.74, 6) is 2.53. The highest BCUT2D eigenvalue weighted by Crippen LogP contribution is 2.23. The molecule has 0 saturated carbocycles. The molecule has 0 unspecified atom stereocenters. The first-order chi connectivity index (χ1) is 8.83. The highest BCUT2D eigenvalue weighted by Gasteiger charge is 2.08. The van der Waals surface area contributed by atoms with Crippen molar-refractivity contribution in [1.29, 1.82) is 0 Å². The fourth-order valence-corrected chi connectivity index (χ4v) is 1.71. The first-order valence-corrected chi connectivity index (χ1v) is 6.48. The number of nitrogens with zero attached hydrogens (tertiary/aromatic N) is 2. The van der Waals surface area contributed by atoms with Crippen LogP contribution in [0.4, 0.5) is 0 Å². The van der Waals surface area contributed by atoms with Gasteiger partial charge in [-0.25, -0.2) is 0 Å². The molecule has 5 heteroatoms. The van der Waals surface area contributed by atoms with Gasteiger partial charge in [0.1, 0.15) is 5.75 Å². The van der Waals surface area contributed by atoms with E-state index in [4.69, 9.17) is 20.8 Å². The van der Waals surface area contributed by atoms with E-state index in [1.165, 1.54) is 0 Å². The fourth-order valence-electron chi connectivity index (χ4n) is 1.57. The molecule has 2 rings (SSSR count). The number of aryl methyl sites for hydroxylation is 1. The molecule has 0 aliphatic carbocycles. The van der Waals surface area contributed by atoms with Gasteiger partial charge >= 0.3 is 0 Å². The van der Waals surface area contributed by atoms with Crippen LogP contribution in [0, 0.1) is 0 Å². The van der Waals surface area contributed by atoms with Gasteiger partial charge in [0.2, 0.25) is 11.8 Å². The van der Waals surface area contributed by atoms with Crippen LogP contribution in [0.15, 0.2) is 28.7 Å². The first-order valence-electron chi connectivity index (χ1n) is 5.95. The van der Waals surface area contributed by atoms with Crippen LogP contribution in [0.5, 0.6) is 5.75 Å². The second kappa shape index (κ2) is 6.40. The van der Waals surface area contributed by atoms with Crippen molar-refractivity contribution in [3.8, 4) is 17.2 Å². The van der Waals surface area contributed by atoms with Crippen LogP contribution < -0.4 is 4.74 Å². The van der Waals surface area contributed by atoms with E-state index in [-0.39, 0.29) is 0 Å². The Labute approximate surface area is 111 Å². The average Bonchev–Trinajstić information content (AvgIpc) is 2.86. The summed E-state index contributed by atoms with van der Waals surface area (Å²) in [6, 6.07) is 7.62. The van der Waals surface area contributed by atoms with E-state index in [0.717, 1.165) is 17.7 Å². The number of rotatable bonds is 6. The average molecular weight is 267 g/mol. The van der Waals surface area contributed by atoms with E-state index >= 15 is 0 Å². The van der Waals surface area contributed by atoms with Gasteiger partial charge in [-0.15, -0.1) is 21.8 Å². The van der Waals surface area contributed by atoms with E-state index in [0.29, 0.717) is 30.7 Å². The predicted octanol–water partition coefficient (Wildman–Crippen LogP) is 3.31. The SMILES string of the molecule is CCOc1cccc(-c2nnc(CCCCl)o2)c1. The minimum atomic E-state index is 0.515. The quantitative estimate of drug-likeness (QED) is 0.753. The van der Waals surface area contributed by atoms with Crippen LogP contribution in [-0.4, -0.2) is 22.7 Å². The van der Waals surface area contributed by atoms with Crippen molar-refractivity contribution in [2.75, 3.05) is 12.5 Å². The minimum Gasteiger partial charge on any atom is -0.494 e. The molecule has 4 nitrogen and oxygen atoms in total. The summed E-state index contributed by atoms with van der Waals surface area (Å²) in [4.78, 5) is 0. The Hall–Kier alpha value is -1.55. The molecule has 0 amide bonds. The van der Waals surface area contributed by atoms with Gasteiger partial charge in [-0.05, 0) is 31.5 Å². The summed E-state index contributed by atoms with van der Waals surface area (Å²) in [6.07, 6.45) is 1.55. The second-order valence-electron chi connectivity index (χ2n) is 3.75. The zero-order chi connectivity index (χ0) is 12.8. The summed E-state index contributed by atoms with van der Waals surface area (Å²) < 4.78 is 11.0. The summed E-state index contributed by atoms with van der Waals surface area (Å²) >= 11 is 5.62. The molecule has 0 spiro atoms. The maximum absolute atomic E-state index is 5.62. The molecule has 0 radical (unpaired) electrons. The maximum Gasteiger partial charge on any atom is 0.247 e. The molecular weight excluding hydrogens is 252 g/mol. The van der Waals surface area contributed by atoms with Crippen LogP contribution in [0.3, 0.4) is 0 Å². The van der Waals surface area contributed by atoms with Gasteiger partial charge in [0.15, 0.2) is 0 Å². The third-order valence-corrected chi connectivity index (χ3v) is 2.65. The standard InChI is InChI=1S/C13H15ClN2O2/c1-2-17-11-6-3-5-10(9-11)13-16-15-12(18-13)7-4-8-14/h3,5-6,9H,2,4,7-8H2,1H3. The molecule has 0 atom stereocenters. The van der Waals surface area contributed by atoms with Crippen LogP contribution in [0.25, 0.3) is 11.5 Å². The van der Waals surface area contributed by atoms with Gasteiger partial charge in [-0.3, -0.25) is 0 Å². The molecule has 18 heavy (non-hydrogen) atoms. The lowest BCUT2D eigenvalue weighted by molar-refractivity contribution is 0.340.